The van der Waals surface area contributed by atoms with Gasteiger partial charge in [0.15, 0.2) is 0 Å². The molecule has 0 bridgehead atoms. The van der Waals surface area contributed by atoms with Crippen molar-refractivity contribution < 1.29 is 0 Å². The van der Waals surface area contributed by atoms with Crippen molar-refractivity contribution in [2.75, 3.05) is 0 Å². The van der Waals surface area contributed by atoms with E-state index in [2.05, 4.69) is 201 Å². The van der Waals surface area contributed by atoms with Gasteiger partial charge in [0.2, 0.25) is 0 Å². The largest absolute Gasteiger partial charge is 0.0870 e. The number of rotatable bonds is 3. The molecule has 10 aromatic carbocycles. The molecule has 0 spiro atoms. The van der Waals surface area contributed by atoms with E-state index in [9.17, 15) is 0 Å². The molecule has 0 unspecified atom stereocenters. The molecule has 10 aromatic rings. The minimum atomic E-state index is -0.199. The molecule has 0 nitrogen and oxygen atoms in total. The second-order valence-electron chi connectivity index (χ2n) is 18.9. The standard InChI is InChI=1S/C60H48/c1-9-12-43(45-25-22-38-15-10-13-36-18-17-33(2)53(45)54(36)38)41-29-34(3)51-47-27-28-48-52-35(4)30-42(32-50(52)60(7,8)58(48)57(47)59(5,6)49(51)31-41)44-24-21-40-20-19-37-14-11-16-39-23-26-46(44)56(40)55(37)39/h9-32H,1-8H3/b12-9-,45-43+. The molecule has 0 aliphatic heterocycles. The molecule has 0 radical (unpaired) electrons. The topological polar surface area (TPSA) is 0 Å². The normalized spacial score (nSPS) is 15.5. The summed E-state index contributed by atoms with van der Waals surface area (Å²) in [5, 5.41) is 14.6. The Bertz CT molecular complexity index is 3590. The minimum Gasteiger partial charge on any atom is -0.0870 e. The zero-order chi connectivity index (χ0) is 41.0. The van der Waals surface area contributed by atoms with Crippen molar-refractivity contribution in [2.24, 2.45) is 0 Å². The van der Waals surface area contributed by atoms with E-state index >= 15 is 0 Å². The highest BCUT2D eigenvalue weighted by Crippen LogP contribution is 2.61. The Balaban J connectivity index is 1.04. The molecule has 2 aliphatic rings. The molecule has 0 atom stereocenters. The van der Waals surface area contributed by atoms with E-state index in [4.69, 9.17) is 0 Å². The second kappa shape index (κ2) is 12.0. The van der Waals surface area contributed by atoms with Crippen molar-refractivity contribution in [1.29, 1.82) is 0 Å². The number of allylic oxidation sites excluding steroid dienone is 2. The summed E-state index contributed by atoms with van der Waals surface area (Å²) in [6.45, 7) is 19.0. The first-order valence-electron chi connectivity index (χ1n) is 21.7. The molecule has 2 aliphatic carbocycles. The van der Waals surface area contributed by atoms with Crippen molar-refractivity contribution >= 4 is 59.4 Å². The summed E-state index contributed by atoms with van der Waals surface area (Å²) in [6, 6.07) is 51.4. The fraction of sp³-hybridized carbons (Fsp3) is 0.167. The number of aryl methyl sites for hydroxylation is 3. The summed E-state index contributed by atoms with van der Waals surface area (Å²) in [4.78, 5) is 0. The monoisotopic (exact) mass is 768 g/mol. The van der Waals surface area contributed by atoms with E-state index < -0.39 is 0 Å². The van der Waals surface area contributed by atoms with Gasteiger partial charge in [0.1, 0.15) is 0 Å². The molecule has 0 saturated heterocycles. The Hall–Kier alpha value is -6.50. The van der Waals surface area contributed by atoms with Gasteiger partial charge in [-0.1, -0.05) is 161 Å². The summed E-state index contributed by atoms with van der Waals surface area (Å²) in [5.74, 6) is 0. The SMILES string of the molecule is C/C=C\C(c1cc(C)c2c(c1)C(C)(C)c1c-2ccc2c1C(C)(C)c1cc(-c3ccc4ccc5cccc6ccc3c4c56)cc(C)c1-2)=c1\ccc2cccc3ccc(C)c1c32. The lowest BCUT2D eigenvalue weighted by molar-refractivity contribution is 0.601. The summed E-state index contributed by atoms with van der Waals surface area (Å²) in [5.41, 5.74) is 20.3. The molecule has 0 heteroatoms. The third kappa shape index (κ3) is 4.52. The first-order chi connectivity index (χ1) is 29.0. The van der Waals surface area contributed by atoms with Crippen molar-refractivity contribution in [3.8, 4) is 33.4 Å². The van der Waals surface area contributed by atoms with Gasteiger partial charge in [0.05, 0.1) is 0 Å². The van der Waals surface area contributed by atoms with Gasteiger partial charge >= 0.3 is 0 Å². The highest BCUT2D eigenvalue weighted by molar-refractivity contribution is 6.25. The lowest BCUT2D eigenvalue weighted by atomic mass is 9.72. The van der Waals surface area contributed by atoms with Gasteiger partial charge in [-0.15, -0.1) is 0 Å². The van der Waals surface area contributed by atoms with Crippen molar-refractivity contribution in [2.45, 2.75) is 66.2 Å². The van der Waals surface area contributed by atoms with Crippen LogP contribution in [0, 0.1) is 20.8 Å². The number of hydrogen-bond acceptors (Lipinski definition) is 0. The van der Waals surface area contributed by atoms with E-state index in [1.165, 1.54) is 143 Å². The van der Waals surface area contributed by atoms with E-state index in [-0.39, 0.29) is 10.8 Å². The van der Waals surface area contributed by atoms with Crippen molar-refractivity contribution in [3.63, 3.8) is 0 Å². The van der Waals surface area contributed by atoms with E-state index in [0.717, 1.165) is 0 Å². The summed E-state index contributed by atoms with van der Waals surface area (Å²) >= 11 is 0. The molecular formula is C60H48. The first-order valence-corrected chi connectivity index (χ1v) is 21.7. The Morgan fingerprint density at radius 3 is 1.58 bits per heavy atom. The van der Waals surface area contributed by atoms with Gasteiger partial charge in [0.25, 0.3) is 0 Å². The van der Waals surface area contributed by atoms with Gasteiger partial charge in [0, 0.05) is 10.8 Å². The van der Waals surface area contributed by atoms with E-state index in [0.29, 0.717) is 0 Å². The fourth-order valence-electron chi connectivity index (χ4n) is 12.1. The van der Waals surface area contributed by atoms with E-state index in [1.807, 2.05) is 0 Å². The van der Waals surface area contributed by atoms with Gasteiger partial charge < -0.3 is 0 Å². The Morgan fingerprint density at radius 2 is 0.950 bits per heavy atom. The molecule has 0 aromatic heterocycles. The van der Waals surface area contributed by atoms with Crippen LogP contribution in [0.15, 0.2) is 146 Å². The maximum absolute atomic E-state index is 2.53. The molecule has 0 fully saturated rings. The maximum atomic E-state index is 2.53. The number of hydrogen-bond donors (Lipinski definition) is 0. The van der Waals surface area contributed by atoms with Crippen LogP contribution in [-0.2, 0) is 10.8 Å². The summed E-state index contributed by atoms with van der Waals surface area (Å²) < 4.78 is 0. The number of benzene rings is 10. The quantitative estimate of drug-likeness (QED) is 0.157. The molecular weight excluding hydrogens is 721 g/mol. The lowest BCUT2D eigenvalue weighted by Crippen LogP contribution is -2.24. The molecule has 60 heavy (non-hydrogen) atoms. The Kier molecular flexibility index (Phi) is 7.12. The smallest absolute Gasteiger partial charge is 0.0162 e. The summed E-state index contributed by atoms with van der Waals surface area (Å²) in [7, 11) is 0. The van der Waals surface area contributed by atoms with Crippen LogP contribution in [0.4, 0.5) is 0 Å². The van der Waals surface area contributed by atoms with Crippen LogP contribution in [0.3, 0.4) is 0 Å². The van der Waals surface area contributed by atoms with Crippen LogP contribution in [0.1, 0.15) is 79.1 Å². The fourth-order valence-corrected chi connectivity index (χ4v) is 12.1. The van der Waals surface area contributed by atoms with E-state index in [1.54, 1.807) is 0 Å². The molecule has 0 amide bonds. The van der Waals surface area contributed by atoms with Crippen LogP contribution >= 0.6 is 0 Å². The van der Waals surface area contributed by atoms with Gasteiger partial charge in [-0.05, 0) is 182 Å². The maximum Gasteiger partial charge on any atom is 0.0162 e. The predicted molar refractivity (Wildman–Crippen MR) is 259 cm³/mol. The molecule has 12 rings (SSSR count). The van der Waals surface area contributed by atoms with Crippen LogP contribution in [-0.4, -0.2) is 0 Å². The van der Waals surface area contributed by atoms with Gasteiger partial charge in [-0.2, -0.15) is 0 Å². The van der Waals surface area contributed by atoms with Crippen LogP contribution in [0.25, 0.3) is 92.8 Å². The average molecular weight is 769 g/mol. The average Bonchev–Trinajstić information content (AvgIpc) is 3.62. The van der Waals surface area contributed by atoms with Crippen molar-refractivity contribution in [1.82, 2.24) is 0 Å². The zero-order valence-corrected chi connectivity index (χ0v) is 35.9. The Morgan fingerprint density at radius 1 is 0.450 bits per heavy atom. The summed E-state index contributed by atoms with van der Waals surface area (Å²) in [6.07, 6.45) is 4.54. The Labute approximate surface area is 352 Å². The molecule has 0 saturated carbocycles. The van der Waals surface area contributed by atoms with Crippen LogP contribution in [0.5, 0.6) is 0 Å². The van der Waals surface area contributed by atoms with Gasteiger partial charge in [-0.25, -0.2) is 0 Å². The zero-order valence-electron chi connectivity index (χ0n) is 35.9. The minimum absolute atomic E-state index is 0.189. The third-order valence-electron chi connectivity index (χ3n) is 14.8. The van der Waals surface area contributed by atoms with Crippen LogP contribution in [0.2, 0.25) is 0 Å². The third-order valence-corrected chi connectivity index (χ3v) is 14.8. The second-order valence-corrected chi connectivity index (χ2v) is 18.9. The molecule has 288 valence electrons. The first kappa shape index (κ1) is 35.4. The molecule has 0 N–H and O–H groups in total. The lowest BCUT2D eigenvalue weighted by Gasteiger charge is -2.31. The molecule has 0 heterocycles. The number of fused-ring (bicyclic) bond motifs is 7. The highest BCUT2D eigenvalue weighted by Gasteiger charge is 2.47. The van der Waals surface area contributed by atoms with Gasteiger partial charge in [-0.3, -0.25) is 0 Å². The predicted octanol–water partition coefficient (Wildman–Crippen LogP) is 15.6. The highest BCUT2D eigenvalue weighted by atomic mass is 14.5. The van der Waals surface area contributed by atoms with Crippen LogP contribution < -0.4 is 5.22 Å². The van der Waals surface area contributed by atoms with Crippen molar-refractivity contribution in [3.05, 3.63) is 195 Å².